The predicted molar refractivity (Wildman–Crippen MR) is 74.1 cm³/mol. The molecule has 1 aromatic heterocycles. The van der Waals surface area contributed by atoms with E-state index in [1.54, 1.807) is 0 Å². The Balaban J connectivity index is 1.88. The van der Waals surface area contributed by atoms with Gasteiger partial charge in [0.25, 0.3) is 0 Å². The number of para-hydroxylation sites is 1. The molecule has 5 nitrogen and oxygen atoms in total. The Bertz CT molecular complexity index is 727. The molecule has 1 unspecified atom stereocenters. The van der Waals surface area contributed by atoms with Gasteiger partial charge in [0.15, 0.2) is 0 Å². The summed E-state index contributed by atoms with van der Waals surface area (Å²) in [6, 6.07) is 7.65. The molecule has 2 aliphatic rings. The summed E-state index contributed by atoms with van der Waals surface area (Å²) in [5.41, 5.74) is 1.79. The molecule has 8 heteroatoms. The van der Waals surface area contributed by atoms with Gasteiger partial charge in [0.2, 0.25) is 5.88 Å². The summed E-state index contributed by atoms with van der Waals surface area (Å²) in [6.07, 6.45) is -4.11. The van der Waals surface area contributed by atoms with E-state index in [9.17, 15) is 13.2 Å². The second kappa shape index (κ2) is 4.31. The van der Waals surface area contributed by atoms with Crippen LogP contribution in [-0.2, 0) is 5.41 Å². The van der Waals surface area contributed by atoms with E-state index in [1.807, 2.05) is 24.3 Å². The summed E-state index contributed by atoms with van der Waals surface area (Å²) in [5.74, 6) is 0.0807. The lowest BCUT2D eigenvalue weighted by molar-refractivity contribution is -0.276. The molecule has 2 aromatic rings. The number of ether oxygens (including phenoxy) is 1. The van der Waals surface area contributed by atoms with Crippen molar-refractivity contribution in [3.8, 4) is 5.88 Å². The first-order valence-electron chi connectivity index (χ1n) is 6.91. The van der Waals surface area contributed by atoms with Crippen LogP contribution in [0.25, 0.3) is 0 Å². The van der Waals surface area contributed by atoms with E-state index < -0.39 is 17.7 Å². The molecule has 0 radical (unpaired) electrons. The Morgan fingerprint density at radius 3 is 2.82 bits per heavy atom. The average molecular weight is 310 g/mol. The van der Waals surface area contributed by atoms with E-state index in [0.717, 1.165) is 11.3 Å². The quantitative estimate of drug-likeness (QED) is 0.758. The zero-order valence-electron chi connectivity index (χ0n) is 11.4. The Labute approximate surface area is 123 Å². The molecule has 3 N–H and O–H groups in total. The Kier molecular flexibility index (Phi) is 2.60. The lowest BCUT2D eigenvalue weighted by atomic mass is 9.72. The van der Waals surface area contributed by atoms with Crippen LogP contribution in [-0.4, -0.2) is 29.6 Å². The molecule has 0 fully saturated rings. The van der Waals surface area contributed by atoms with Crippen molar-refractivity contribution in [1.29, 1.82) is 0 Å². The van der Waals surface area contributed by atoms with Gasteiger partial charge in [0.1, 0.15) is 5.82 Å². The molecular formula is C14H13F3N4O. The summed E-state index contributed by atoms with van der Waals surface area (Å²) in [7, 11) is 0. The lowest BCUT2D eigenvalue weighted by Gasteiger charge is -2.34. The van der Waals surface area contributed by atoms with Crippen molar-refractivity contribution >= 4 is 11.5 Å². The number of H-pyrrole nitrogens is 1. The number of rotatable bonds is 1. The minimum absolute atomic E-state index is 0.409. The highest BCUT2D eigenvalue weighted by molar-refractivity contribution is 5.70. The normalized spacial score (nSPS) is 22.7. The van der Waals surface area contributed by atoms with Crippen molar-refractivity contribution in [2.24, 2.45) is 0 Å². The number of aromatic nitrogens is 2. The number of anilines is 2. The fraction of sp³-hybridized carbons (Fsp3) is 0.357. The van der Waals surface area contributed by atoms with E-state index in [-0.39, 0.29) is 0 Å². The SMILES string of the molecule is FC(F)(F)Oc1n[nH]c2c1C1(CCN2)CNc2ccccc21. The van der Waals surface area contributed by atoms with Gasteiger partial charge in [-0.3, -0.25) is 5.10 Å². The zero-order valence-corrected chi connectivity index (χ0v) is 11.4. The summed E-state index contributed by atoms with van der Waals surface area (Å²) in [5, 5.41) is 12.7. The van der Waals surface area contributed by atoms with E-state index >= 15 is 0 Å². The molecule has 116 valence electrons. The third-order valence-electron chi connectivity index (χ3n) is 4.30. The molecule has 3 heterocycles. The molecule has 0 saturated carbocycles. The predicted octanol–water partition coefficient (Wildman–Crippen LogP) is 2.84. The van der Waals surface area contributed by atoms with Crippen LogP contribution in [0.5, 0.6) is 5.88 Å². The molecule has 0 aliphatic carbocycles. The van der Waals surface area contributed by atoms with Gasteiger partial charge in [-0.2, -0.15) is 0 Å². The van der Waals surface area contributed by atoms with Crippen LogP contribution in [0.2, 0.25) is 0 Å². The molecular weight excluding hydrogens is 297 g/mol. The summed E-state index contributed by atoms with van der Waals surface area (Å²) >= 11 is 0. The molecule has 22 heavy (non-hydrogen) atoms. The van der Waals surface area contributed by atoms with Gasteiger partial charge in [-0.15, -0.1) is 18.3 Å². The average Bonchev–Trinajstić information content (AvgIpc) is 3.02. The van der Waals surface area contributed by atoms with E-state index in [1.165, 1.54) is 0 Å². The number of nitrogens with zero attached hydrogens (tertiary/aromatic N) is 1. The molecule has 0 bridgehead atoms. The highest BCUT2D eigenvalue weighted by Crippen LogP contribution is 2.51. The first-order chi connectivity index (χ1) is 10.5. The Morgan fingerprint density at radius 1 is 1.18 bits per heavy atom. The maximum Gasteiger partial charge on any atom is 0.574 e. The van der Waals surface area contributed by atoms with Crippen molar-refractivity contribution in [3.05, 3.63) is 35.4 Å². The van der Waals surface area contributed by atoms with Crippen molar-refractivity contribution in [3.63, 3.8) is 0 Å². The monoisotopic (exact) mass is 310 g/mol. The van der Waals surface area contributed by atoms with Gasteiger partial charge in [0.05, 0.1) is 11.0 Å². The van der Waals surface area contributed by atoms with Crippen LogP contribution in [0, 0.1) is 0 Å². The maximum absolute atomic E-state index is 12.6. The zero-order chi connectivity index (χ0) is 15.4. The minimum Gasteiger partial charge on any atom is -0.386 e. The Hall–Kier alpha value is -2.38. The molecule has 1 aromatic carbocycles. The van der Waals surface area contributed by atoms with E-state index in [0.29, 0.717) is 30.9 Å². The second-order valence-corrected chi connectivity index (χ2v) is 5.48. The topological polar surface area (TPSA) is 62.0 Å². The number of halogens is 3. The first kappa shape index (κ1) is 13.3. The minimum atomic E-state index is -4.77. The lowest BCUT2D eigenvalue weighted by Crippen LogP contribution is -2.37. The van der Waals surface area contributed by atoms with Crippen molar-refractivity contribution in [2.75, 3.05) is 23.7 Å². The van der Waals surface area contributed by atoms with E-state index in [4.69, 9.17) is 0 Å². The molecule has 0 amide bonds. The van der Waals surface area contributed by atoms with Crippen molar-refractivity contribution in [2.45, 2.75) is 18.2 Å². The number of nitrogens with one attached hydrogen (secondary N) is 3. The van der Waals surface area contributed by atoms with Crippen LogP contribution in [0.15, 0.2) is 24.3 Å². The number of hydrogen-bond donors (Lipinski definition) is 3. The summed E-state index contributed by atoms with van der Waals surface area (Å²) in [4.78, 5) is 0. The maximum atomic E-state index is 12.6. The van der Waals surface area contributed by atoms with Gasteiger partial charge < -0.3 is 15.4 Å². The second-order valence-electron chi connectivity index (χ2n) is 5.48. The molecule has 1 spiro atoms. The highest BCUT2D eigenvalue weighted by Gasteiger charge is 2.48. The number of fused-ring (bicyclic) bond motifs is 4. The van der Waals surface area contributed by atoms with Crippen molar-refractivity contribution in [1.82, 2.24) is 10.2 Å². The fourth-order valence-corrected chi connectivity index (χ4v) is 3.45. The largest absolute Gasteiger partial charge is 0.574 e. The van der Waals surface area contributed by atoms with Crippen LogP contribution in [0.1, 0.15) is 17.5 Å². The number of alkyl halides is 3. The molecule has 2 aliphatic heterocycles. The summed E-state index contributed by atoms with van der Waals surface area (Å²) < 4.78 is 42.1. The van der Waals surface area contributed by atoms with Crippen LogP contribution >= 0.6 is 0 Å². The number of hydrogen-bond acceptors (Lipinski definition) is 4. The van der Waals surface area contributed by atoms with Gasteiger partial charge in [-0.25, -0.2) is 0 Å². The molecule has 1 atom stereocenters. The first-order valence-corrected chi connectivity index (χ1v) is 6.91. The van der Waals surface area contributed by atoms with Crippen LogP contribution < -0.4 is 15.4 Å². The van der Waals surface area contributed by atoms with Gasteiger partial charge in [-0.1, -0.05) is 18.2 Å². The van der Waals surface area contributed by atoms with Gasteiger partial charge >= 0.3 is 6.36 Å². The molecule has 0 saturated heterocycles. The number of benzene rings is 1. The smallest absolute Gasteiger partial charge is 0.386 e. The highest BCUT2D eigenvalue weighted by atomic mass is 19.4. The summed E-state index contributed by atoms with van der Waals surface area (Å²) in [6.45, 7) is 1.17. The third kappa shape index (κ3) is 1.83. The van der Waals surface area contributed by atoms with E-state index in [2.05, 4.69) is 25.6 Å². The molecule has 4 rings (SSSR count). The van der Waals surface area contributed by atoms with Gasteiger partial charge in [-0.05, 0) is 18.1 Å². The Morgan fingerprint density at radius 2 is 2.00 bits per heavy atom. The third-order valence-corrected chi connectivity index (χ3v) is 4.30. The number of aromatic amines is 1. The van der Waals surface area contributed by atoms with Crippen molar-refractivity contribution < 1.29 is 17.9 Å². The standard InChI is InChI=1S/C14H13F3N4O/c15-14(16,17)22-12-10-11(20-21-12)18-6-5-13(10)7-19-9-4-2-1-3-8(9)13/h1-4,19H,5-7H2,(H2,18,20,21). The van der Waals surface area contributed by atoms with Crippen LogP contribution in [0.4, 0.5) is 24.7 Å². The fourth-order valence-electron chi connectivity index (χ4n) is 3.45. The van der Waals surface area contributed by atoms with Crippen LogP contribution in [0.3, 0.4) is 0 Å². The van der Waals surface area contributed by atoms with Gasteiger partial charge in [0, 0.05) is 18.8 Å².